The van der Waals surface area contributed by atoms with E-state index in [1.807, 2.05) is 6.26 Å². The first-order valence-electron chi connectivity index (χ1n) is 4.69. The van der Waals surface area contributed by atoms with Crippen LogP contribution in [0.1, 0.15) is 23.5 Å². The van der Waals surface area contributed by atoms with E-state index in [4.69, 9.17) is 5.84 Å². The second-order valence-electron chi connectivity index (χ2n) is 3.34. The minimum Gasteiger partial charge on any atom is -0.308 e. The molecule has 0 unspecified atom stereocenters. The molecule has 0 aliphatic heterocycles. The smallest absolute Gasteiger partial charge is 0.147 e. The van der Waals surface area contributed by atoms with Crippen LogP contribution in [0.15, 0.2) is 0 Å². The van der Waals surface area contributed by atoms with Crippen molar-refractivity contribution in [1.29, 1.82) is 0 Å². The number of hydrazine groups is 1. The Morgan fingerprint density at radius 2 is 2.29 bits per heavy atom. The first-order valence-corrected chi connectivity index (χ1v) is 6.08. The van der Waals surface area contributed by atoms with Crippen molar-refractivity contribution in [3.05, 3.63) is 17.1 Å². The summed E-state index contributed by atoms with van der Waals surface area (Å²) in [6.07, 6.45) is 5.33. The highest BCUT2D eigenvalue weighted by molar-refractivity contribution is 7.97. The van der Waals surface area contributed by atoms with Gasteiger partial charge in [-0.25, -0.2) is 15.8 Å². The molecule has 76 valence electrons. The fourth-order valence-electron chi connectivity index (χ4n) is 1.80. The second kappa shape index (κ2) is 4.14. The molecule has 3 N–H and O–H groups in total. The Bertz CT molecular complexity index is 340. The van der Waals surface area contributed by atoms with Crippen LogP contribution in [-0.2, 0) is 18.6 Å². The molecule has 0 atom stereocenters. The number of aromatic nitrogens is 2. The Hall–Kier alpha value is -0.810. The lowest BCUT2D eigenvalue weighted by Gasteiger charge is -2.08. The zero-order valence-electron chi connectivity index (χ0n) is 8.21. The third kappa shape index (κ3) is 1.69. The van der Waals surface area contributed by atoms with E-state index >= 15 is 0 Å². The van der Waals surface area contributed by atoms with E-state index in [1.54, 1.807) is 11.8 Å². The third-order valence-corrected chi connectivity index (χ3v) is 2.94. The number of nitrogens with one attached hydrogen (secondary N) is 1. The van der Waals surface area contributed by atoms with Gasteiger partial charge in [0.15, 0.2) is 0 Å². The van der Waals surface area contributed by atoms with Gasteiger partial charge in [0, 0.05) is 11.3 Å². The predicted octanol–water partition coefficient (Wildman–Crippen LogP) is 1.11. The first kappa shape index (κ1) is 9.73. The second-order valence-corrected chi connectivity index (χ2v) is 4.21. The van der Waals surface area contributed by atoms with E-state index in [2.05, 4.69) is 15.4 Å². The van der Waals surface area contributed by atoms with Gasteiger partial charge in [0.05, 0.1) is 5.75 Å². The van der Waals surface area contributed by atoms with E-state index < -0.39 is 0 Å². The van der Waals surface area contributed by atoms with Gasteiger partial charge in [0.1, 0.15) is 11.6 Å². The van der Waals surface area contributed by atoms with E-state index in [1.165, 1.54) is 17.7 Å². The van der Waals surface area contributed by atoms with Crippen molar-refractivity contribution >= 4 is 17.6 Å². The van der Waals surface area contributed by atoms with Gasteiger partial charge in [-0.2, -0.15) is 11.8 Å². The van der Waals surface area contributed by atoms with Crippen LogP contribution in [0.2, 0.25) is 0 Å². The fourth-order valence-corrected chi connectivity index (χ4v) is 2.18. The molecule has 4 nitrogen and oxygen atoms in total. The number of nitrogens with zero attached hydrogens (tertiary/aromatic N) is 2. The molecule has 0 fully saturated rings. The largest absolute Gasteiger partial charge is 0.308 e. The van der Waals surface area contributed by atoms with Gasteiger partial charge in [0.2, 0.25) is 0 Å². The SMILES string of the molecule is CSCc1nc2c(c(NN)n1)CCC2. The van der Waals surface area contributed by atoms with Crippen molar-refractivity contribution in [1.82, 2.24) is 9.97 Å². The maximum Gasteiger partial charge on any atom is 0.147 e. The number of hydrogen-bond acceptors (Lipinski definition) is 5. The molecule has 2 rings (SSSR count). The van der Waals surface area contributed by atoms with E-state index in [0.717, 1.165) is 30.2 Å². The number of aryl methyl sites for hydroxylation is 1. The Morgan fingerprint density at radius 1 is 1.43 bits per heavy atom. The molecule has 0 bridgehead atoms. The lowest BCUT2D eigenvalue weighted by atomic mass is 10.2. The minimum atomic E-state index is 0.816. The normalized spacial score (nSPS) is 14.1. The van der Waals surface area contributed by atoms with Gasteiger partial charge in [-0.3, -0.25) is 0 Å². The van der Waals surface area contributed by atoms with Gasteiger partial charge in [-0.1, -0.05) is 0 Å². The summed E-state index contributed by atoms with van der Waals surface area (Å²) >= 11 is 1.73. The van der Waals surface area contributed by atoms with Crippen LogP contribution >= 0.6 is 11.8 Å². The number of anilines is 1. The topological polar surface area (TPSA) is 63.8 Å². The van der Waals surface area contributed by atoms with E-state index in [9.17, 15) is 0 Å². The summed E-state index contributed by atoms with van der Waals surface area (Å²) in [5, 5.41) is 0. The molecule has 0 spiro atoms. The molecule has 0 amide bonds. The quantitative estimate of drug-likeness (QED) is 0.578. The minimum absolute atomic E-state index is 0.816. The molecule has 0 saturated carbocycles. The lowest BCUT2D eigenvalue weighted by Crippen LogP contribution is -2.13. The number of fused-ring (bicyclic) bond motifs is 1. The maximum absolute atomic E-state index is 5.44. The van der Waals surface area contributed by atoms with E-state index in [0.29, 0.717) is 0 Å². The van der Waals surface area contributed by atoms with Crippen LogP contribution < -0.4 is 11.3 Å². The van der Waals surface area contributed by atoms with E-state index in [-0.39, 0.29) is 0 Å². The summed E-state index contributed by atoms with van der Waals surface area (Å²) < 4.78 is 0. The standard InChI is InChI=1S/C9H14N4S/c1-14-5-8-11-7-4-2-3-6(7)9(12-8)13-10/h2-5,10H2,1H3,(H,11,12,13). The average Bonchev–Trinajstić information content (AvgIpc) is 2.65. The zero-order chi connectivity index (χ0) is 9.97. The van der Waals surface area contributed by atoms with Crippen molar-refractivity contribution in [2.75, 3.05) is 11.7 Å². The molecular formula is C9H14N4S. The van der Waals surface area contributed by atoms with Gasteiger partial charge in [-0.15, -0.1) is 0 Å². The summed E-state index contributed by atoms with van der Waals surface area (Å²) in [7, 11) is 0. The van der Waals surface area contributed by atoms with Crippen molar-refractivity contribution in [3.63, 3.8) is 0 Å². The summed E-state index contributed by atoms with van der Waals surface area (Å²) in [6, 6.07) is 0. The van der Waals surface area contributed by atoms with Gasteiger partial charge in [-0.05, 0) is 25.5 Å². The van der Waals surface area contributed by atoms with Crippen molar-refractivity contribution in [3.8, 4) is 0 Å². The van der Waals surface area contributed by atoms with Crippen LogP contribution in [0.3, 0.4) is 0 Å². The number of thioether (sulfide) groups is 1. The molecule has 1 heterocycles. The Labute approximate surface area is 87.7 Å². The predicted molar refractivity (Wildman–Crippen MR) is 59.1 cm³/mol. The molecule has 0 aromatic carbocycles. The number of nitrogens with two attached hydrogens (primary N) is 1. The highest BCUT2D eigenvalue weighted by Crippen LogP contribution is 2.26. The van der Waals surface area contributed by atoms with Crippen LogP contribution in [-0.4, -0.2) is 16.2 Å². The number of nitrogen functional groups attached to an aromatic ring is 1. The first-order chi connectivity index (χ1) is 6.85. The highest BCUT2D eigenvalue weighted by Gasteiger charge is 2.18. The zero-order valence-corrected chi connectivity index (χ0v) is 9.02. The molecule has 1 aromatic heterocycles. The van der Waals surface area contributed by atoms with Gasteiger partial charge >= 0.3 is 0 Å². The van der Waals surface area contributed by atoms with Crippen LogP contribution in [0.5, 0.6) is 0 Å². The van der Waals surface area contributed by atoms with Gasteiger partial charge in [0.25, 0.3) is 0 Å². The van der Waals surface area contributed by atoms with Crippen molar-refractivity contribution in [2.45, 2.75) is 25.0 Å². The van der Waals surface area contributed by atoms with Crippen LogP contribution in [0.25, 0.3) is 0 Å². The number of rotatable bonds is 3. The average molecular weight is 210 g/mol. The third-order valence-electron chi connectivity index (χ3n) is 2.39. The Morgan fingerprint density at radius 3 is 3.00 bits per heavy atom. The summed E-state index contributed by atoms with van der Waals surface area (Å²) in [6.45, 7) is 0. The molecule has 1 aliphatic rings. The van der Waals surface area contributed by atoms with Gasteiger partial charge < -0.3 is 5.43 Å². The van der Waals surface area contributed by atoms with Crippen LogP contribution in [0, 0.1) is 0 Å². The summed E-state index contributed by atoms with van der Waals surface area (Å²) in [4.78, 5) is 8.91. The molecule has 0 saturated heterocycles. The lowest BCUT2D eigenvalue weighted by molar-refractivity contribution is 0.893. The summed E-state index contributed by atoms with van der Waals surface area (Å²) in [5.41, 5.74) is 5.05. The Balaban J connectivity index is 2.39. The fraction of sp³-hybridized carbons (Fsp3) is 0.556. The monoisotopic (exact) mass is 210 g/mol. The summed E-state index contributed by atoms with van der Waals surface area (Å²) in [5.74, 6) is 7.99. The molecule has 0 radical (unpaired) electrons. The molecule has 5 heteroatoms. The van der Waals surface area contributed by atoms with Crippen molar-refractivity contribution in [2.24, 2.45) is 5.84 Å². The molecule has 14 heavy (non-hydrogen) atoms. The van der Waals surface area contributed by atoms with Crippen LogP contribution in [0.4, 0.5) is 5.82 Å². The maximum atomic E-state index is 5.44. The highest BCUT2D eigenvalue weighted by atomic mass is 32.2. The number of hydrogen-bond donors (Lipinski definition) is 2. The molecule has 1 aliphatic carbocycles. The Kier molecular flexibility index (Phi) is 2.88. The van der Waals surface area contributed by atoms with Crippen molar-refractivity contribution < 1.29 is 0 Å². The molecular weight excluding hydrogens is 196 g/mol. The molecule has 1 aromatic rings.